The standard InChI is InChI=1S/C14H16FN3O2/c15-10-4-1-2-5-11(10)19-9-6-12-17-13(18-20-12)14(16)7-3-8-14/h1-2,4-5H,3,6-9,16H2. The maximum absolute atomic E-state index is 13.3. The third-order valence-electron chi connectivity index (χ3n) is 3.57. The first-order valence-corrected chi connectivity index (χ1v) is 6.67. The van der Waals surface area contributed by atoms with Crippen LogP contribution >= 0.6 is 0 Å². The van der Waals surface area contributed by atoms with Gasteiger partial charge in [0.1, 0.15) is 0 Å². The van der Waals surface area contributed by atoms with Crippen molar-refractivity contribution in [3.05, 3.63) is 41.8 Å². The van der Waals surface area contributed by atoms with Crippen LogP contribution in [0.5, 0.6) is 5.75 Å². The fourth-order valence-corrected chi connectivity index (χ4v) is 2.15. The van der Waals surface area contributed by atoms with E-state index in [0.29, 0.717) is 18.1 Å². The summed E-state index contributed by atoms with van der Waals surface area (Å²) >= 11 is 0. The van der Waals surface area contributed by atoms with E-state index < -0.39 is 5.54 Å². The summed E-state index contributed by atoms with van der Waals surface area (Å²) in [6.45, 7) is 0.278. The molecule has 1 aliphatic carbocycles. The summed E-state index contributed by atoms with van der Waals surface area (Å²) in [5.41, 5.74) is 5.69. The van der Waals surface area contributed by atoms with Crippen LogP contribution in [0, 0.1) is 5.82 Å². The Labute approximate surface area is 115 Å². The fourth-order valence-electron chi connectivity index (χ4n) is 2.15. The van der Waals surface area contributed by atoms with Gasteiger partial charge in [0.2, 0.25) is 5.89 Å². The van der Waals surface area contributed by atoms with Gasteiger partial charge in [-0.15, -0.1) is 0 Å². The molecular weight excluding hydrogens is 261 g/mol. The lowest BCUT2D eigenvalue weighted by Gasteiger charge is -2.34. The summed E-state index contributed by atoms with van der Waals surface area (Å²) in [5, 5.41) is 3.91. The van der Waals surface area contributed by atoms with Gasteiger partial charge < -0.3 is 15.0 Å². The SMILES string of the molecule is NC1(c2noc(CCOc3ccccc3F)n2)CCC1. The molecule has 0 saturated heterocycles. The molecule has 1 fully saturated rings. The molecule has 6 heteroatoms. The van der Waals surface area contributed by atoms with E-state index in [1.165, 1.54) is 6.07 Å². The van der Waals surface area contributed by atoms with E-state index in [9.17, 15) is 4.39 Å². The van der Waals surface area contributed by atoms with Crippen molar-refractivity contribution in [1.29, 1.82) is 0 Å². The third-order valence-corrected chi connectivity index (χ3v) is 3.57. The van der Waals surface area contributed by atoms with Gasteiger partial charge in [-0.1, -0.05) is 17.3 Å². The summed E-state index contributed by atoms with van der Waals surface area (Å²) in [7, 11) is 0. The van der Waals surface area contributed by atoms with Crippen molar-refractivity contribution in [3.63, 3.8) is 0 Å². The molecule has 0 radical (unpaired) electrons. The summed E-state index contributed by atoms with van der Waals surface area (Å²) < 4.78 is 23.8. The number of halogens is 1. The molecule has 0 atom stereocenters. The van der Waals surface area contributed by atoms with E-state index >= 15 is 0 Å². The molecule has 5 nitrogen and oxygen atoms in total. The predicted octanol–water partition coefficient (Wildman–Crippen LogP) is 2.17. The van der Waals surface area contributed by atoms with Gasteiger partial charge in [0.15, 0.2) is 17.4 Å². The number of hydrogen-bond acceptors (Lipinski definition) is 5. The highest BCUT2D eigenvalue weighted by Gasteiger charge is 2.38. The van der Waals surface area contributed by atoms with E-state index in [2.05, 4.69) is 10.1 Å². The largest absolute Gasteiger partial charge is 0.490 e. The zero-order valence-corrected chi connectivity index (χ0v) is 11.0. The van der Waals surface area contributed by atoms with Gasteiger partial charge in [0.05, 0.1) is 18.6 Å². The molecule has 20 heavy (non-hydrogen) atoms. The smallest absolute Gasteiger partial charge is 0.230 e. The van der Waals surface area contributed by atoms with Crippen LogP contribution in [0.1, 0.15) is 31.0 Å². The van der Waals surface area contributed by atoms with Crippen molar-refractivity contribution >= 4 is 0 Å². The molecule has 0 unspecified atom stereocenters. The maximum Gasteiger partial charge on any atom is 0.230 e. The van der Waals surface area contributed by atoms with Crippen molar-refractivity contribution in [3.8, 4) is 5.75 Å². The number of rotatable bonds is 5. The molecule has 0 bridgehead atoms. The molecule has 1 aliphatic rings. The second-order valence-electron chi connectivity index (χ2n) is 5.05. The Kier molecular flexibility index (Phi) is 3.40. The van der Waals surface area contributed by atoms with Crippen molar-refractivity contribution in [2.45, 2.75) is 31.2 Å². The van der Waals surface area contributed by atoms with Gasteiger partial charge in [-0.25, -0.2) is 4.39 Å². The van der Waals surface area contributed by atoms with Crippen molar-refractivity contribution in [2.24, 2.45) is 5.73 Å². The van der Waals surface area contributed by atoms with Gasteiger partial charge in [-0.2, -0.15) is 4.98 Å². The number of para-hydroxylation sites is 1. The number of hydrogen-bond donors (Lipinski definition) is 1. The molecule has 1 aromatic carbocycles. The third kappa shape index (κ3) is 2.51. The Bertz CT molecular complexity index is 596. The van der Waals surface area contributed by atoms with Crippen LogP contribution in [0.2, 0.25) is 0 Å². The normalized spacial score (nSPS) is 16.7. The van der Waals surface area contributed by atoms with Crippen LogP contribution in [0.4, 0.5) is 4.39 Å². The molecule has 2 aromatic rings. The summed E-state index contributed by atoms with van der Waals surface area (Å²) in [6.07, 6.45) is 3.30. The van der Waals surface area contributed by atoms with Crippen LogP contribution < -0.4 is 10.5 Å². The zero-order chi connectivity index (χ0) is 14.0. The minimum atomic E-state index is -0.422. The van der Waals surface area contributed by atoms with Crippen molar-refractivity contribution in [2.75, 3.05) is 6.61 Å². The average Bonchev–Trinajstić information content (AvgIpc) is 2.87. The summed E-state index contributed by atoms with van der Waals surface area (Å²) in [5.74, 6) is 0.869. The number of ether oxygens (including phenoxy) is 1. The molecule has 0 spiro atoms. The van der Waals surface area contributed by atoms with Gasteiger partial charge in [0.25, 0.3) is 0 Å². The highest BCUT2D eigenvalue weighted by atomic mass is 19.1. The molecule has 3 rings (SSSR count). The quantitative estimate of drug-likeness (QED) is 0.906. The second kappa shape index (κ2) is 5.20. The Hall–Kier alpha value is -1.95. The number of benzene rings is 1. The van der Waals surface area contributed by atoms with Crippen LogP contribution in [0.15, 0.2) is 28.8 Å². The molecule has 1 aromatic heterocycles. The lowest BCUT2D eigenvalue weighted by Crippen LogP contribution is -2.44. The van der Waals surface area contributed by atoms with Crippen LogP contribution in [-0.2, 0) is 12.0 Å². The summed E-state index contributed by atoms with van der Waals surface area (Å²) in [4.78, 5) is 4.28. The van der Waals surface area contributed by atoms with E-state index in [0.717, 1.165) is 19.3 Å². The minimum Gasteiger partial charge on any atom is -0.490 e. The minimum absolute atomic E-state index is 0.224. The molecule has 0 amide bonds. The molecule has 106 valence electrons. The zero-order valence-electron chi connectivity index (χ0n) is 11.0. The Balaban J connectivity index is 1.55. The fraction of sp³-hybridized carbons (Fsp3) is 0.429. The molecular formula is C14H16FN3O2. The topological polar surface area (TPSA) is 74.2 Å². The first kappa shape index (κ1) is 13.1. The molecule has 1 saturated carbocycles. The maximum atomic E-state index is 13.3. The van der Waals surface area contributed by atoms with Crippen LogP contribution in [0.25, 0.3) is 0 Å². The van der Waals surface area contributed by atoms with Gasteiger partial charge in [-0.3, -0.25) is 0 Å². The number of aromatic nitrogens is 2. The first-order chi connectivity index (χ1) is 9.67. The van der Waals surface area contributed by atoms with Gasteiger partial charge in [0, 0.05) is 0 Å². The highest BCUT2D eigenvalue weighted by molar-refractivity contribution is 5.23. The highest BCUT2D eigenvalue weighted by Crippen LogP contribution is 2.36. The molecule has 1 heterocycles. The predicted molar refractivity (Wildman–Crippen MR) is 69.6 cm³/mol. The van der Waals surface area contributed by atoms with Crippen molar-refractivity contribution in [1.82, 2.24) is 10.1 Å². The first-order valence-electron chi connectivity index (χ1n) is 6.67. The van der Waals surface area contributed by atoms with Crippen LogP contribution in [-0.4, -0.2) is 16.7 Å². The number of nitrogens with two attached hydrogens (primary N) is 1. The monoisotopic (exact) mass is 277 g/mol. The molecule has 0 aliphatic heterocycles. The Morgan fingerprint density at radius 2 is 2.15 bits per heavy atom. The van der Waals surface area contributed by atoms with E-state index in [1.54, 1.807) is 18.2 Å². The number of nitrogens with zero attached hydrogens (tertiary/aromatic N) is 2. The lowest BCUT2D eigenvalue weighted by molar-refractivity contribution is 0.228. The van der Waals surface area contributed by atoms with Crippen LogP contribution in [0.3, 0.4) is 0 Å². The van der Waals surface area contributed by atoms with Gasteiger partial charge in [-0.05, 0) is 31.4 Å². The Morgan fingerprint density at radius 1 is 1.35 bits per heavy atom. The van der Waals surface area contributed by atoms with E-state index in [1.807, 2.05) is 0 Å². The summed E-state index contributed by atoms with van der Waals surface area (Å²) in [6, 6.07) is 6.27. The van der Waals surface area contributed by atoms with E-state index in [-0.39, 0.29) is 18.2 Å². The lowest BCUT2D eigenvalue weighted by atomic mass is 9.77. The Morgan fingerprint density at radius 3 is 2.85 bits per heavy atom. The second-order valence-corrected chi connectivity index (χ2v) is 5.05. The van der Waals surface area contributed by atoms with Gasteiger partial charge >= 0.3 is 0 Å². The van der Waals surface area contributed by atoms with Crippen molar-refractivity contribution < 1.29 is 13.7 Å². The average molecular weight is 277 g/mol. The molecule has 2 N–H and O–H groups in total. The van der Waals surface area contributed by atoms with E-state index in [4.69, 9.17) is 15.0 Å².